The summed E-state index contributed by atoms with van der Waals surface area (Å²) < 4.78 is 5.42. The van der Waals surface area contributed by atoms with E-state index in [1.165, 1.54) is 0 Å². The summed E-state index contributed by atoms with van der Waals surface area (Å²) in [6, 6.07) is 0.412. The van der Waals surface area contributed by atoms with Crippen molar-refractivity contribution in [3.63, 3.8) is 0 Å². The van der Waals surface area contributed by atoms with Gasteiger partial charge >= 0.3 is 6.09 Å². The number of nitrogens with two attached hydrogens (primary N) is 1. The lowest BCUT2D eigenvalue weighted by molar-refractivity contribution is -0.132. The molecule has 1 unspecified atom stereocenters. The minimum Gasteiger partial charge on any atom is -0.444 e. The SMILES string of the molecule is CN(C(=O)CN1CCN(C(=O)OC(C)(C)C)CC1CN)C1CC1. The van der Waals surface area contributed by atoms with Gasteiger partial charge in [-0.15, -0.1) is 0 Å². The Morgan fingerprint density at radius 1 is 1.26 bits per heavy atom. The number of nitrogens with zero attached hydrogens (tertiary/aromatic N) is 3. The standard InChI is InChI=1S/C16H30N4O3/c1-16(2,3)23-15(22)20-8-7-19(13(9-17)10-20)11-14(21)18(4)12-5-6-12/h12-13H,5-11,17H2,1-4H3. The summed E-state index contributed by atoms with van der Waals surface area (Å²) in [5, 5.41) is 0. The maximum absolute atomic E-state index is 12.3. The molecule has 7 nitrogen and oxygen atoms in total. The molecule has 7 heteroatoms. The molecule has 1 atom stereocenters. The van der Waals surface area contributed by atoms with E-state index < -0.39 is 5.60 Å². The zero-order chi connectivity index (χ0) is 17.2. The van der Waals surface area contributed by atoms with Crippen LogP contribution in [0.1, 0.15) is 33.6 Å². The van der Waals surface area contributed by atoms with Crippen LogP contribution in [0.5, 0.6) is 0 Å². The first-order chi connectivity index (χ1) is 10.7. The molecular weight excluding hydrogens is 296 g/mol. The Morgan fingerprint density at radius 2 is 1.91 bits per heavy atom. The zero-order valence-electron chi connectivity index (χ0n) is 14.7. The zero-order valence-corrected chi connectivity index (χ0v) is 14.7. The molecule has 1 heterocycles. The number of carbonyl (C=O) groups excluding carboxylic acids is 2. The van der Waals surface area contributed by atoms with E-state index in [2.05, 4.69) is 4.90 Å². The van der Waals surface area contributed by atoms with Crippen LogP contribution in [0, 0.1) is 0 Å². The Balaban J connectivity index is 1.88. The summed E-state index contributed by atoms with van der Waals surface area (Å²) in [5.41, 5.74) is 5.36. The van der Waals surface area contributed by atoms with Gasteiger partial charge in [-0.2, -0.15) is 0 Å². The van der Waals surface area contributed by atoms with Gasteiger partial charge in [0.05, 0.1) is 6.54 Å². The predicted molar refractivity (Wildman–Crippen MR) is 88.0 cm³/mol. The van der Waals surface area contributed by atoms with Gasteiger partial charge in [0.1, 0.15) is 5.60 Å². The number of likely N-dealkylation sites (N-methyl/N-ethyl adjacent to an activating group) is 1. The van der Waals surface area contributed by atoms with E-state index in [4.69, 9.17) is 10.5 Å². The van der Waals surface area contributed by atoms with Crippen LogP contribution in [-0.2, 0) is 9.53 Å². The van der Waals surface area contributed by atoms with Crippen molar-refractivity contribution in [1.29, 1.82) is 0 Å². The molecule has 1 aliphatic carbocycles. The molecule has 2 N–H and O–H groups in total. The first-order valence-corrected chi connectivity index (χ1v) is 8.39. The molecule has 0 aromatic rings. The summed E-state index contributed by atoms with van der Waals surface area (Å²) in [7, 11) is 1.87. The molecule has 0 spiro atoms. The average molecular weight is 326 g/mol. The Hall–Kier alpha value is -1.34. The highest BCUT2D eigenvalue weighted by atomic mass is 16.6. The summed E-state index contributed by atoms with van der Waals surface area (Å²) >= 11 is 0. The molecule has 2 amide bonds. The first kappa shape index (κ1) is 18.0. The van der Waals surface area contributed by atoms with Crippen molar-refractivity contribution >= 4 is 12.0 Å². The van der Waals surface area contributed by atoms with Gasteiger partial charge < -0.3 is 20.3 Å². The minimum absolute atomic E-state index is 0.00665. The minimum atomic E-state index is -0.505. The number of carbonyl (C=O) groups is 2. The van der Waals surface area contributed by atoms with Gasteiger partial charge in [0, 0.05) is 45.3 Å². The fourth-order valence-electron chi connectivity index (χ4n) is 2.77. The van der Waals surface area contributed by atoms with Gasteiger partial charge in [0.15, 0.2) is 0 Å². The number of rotatable bonds is 4. The van der Waals surface area contributed by atoms with E-state index in [9.17, 15) is 9.59 Å². The molecule has 1 saturated heterocycles. The van der Waals surface area contributed by atoms with Crippen molar-refractivity contribution in [3.05, 3.63) is 0 Å². The van der Waals surface area contributed by atoms with Crippen molar-refractivity contribution in [3.8, 4) is 0 Å². The van der Waals surface area contributed by atoms with Crippen LogP contribution in [0.2, 0.25) is 0 Å². The highest BCUT2D eigenvalue weighted by Crippen LogP contribution is 2.25. The van der Waals surface area contributed by atoms with E-state index in [-0.39, 0.29) is 18.0 Å². The molecule has 2 fully saturated rings. The van der Waals surface area contributed by atoms with Crippen molar-refractivity contribution in [2.75, 3.05) is 39.8 Å². The van der Waals surface area contributed by atoms with Gasteiger partial charge in [-0.3, -0.25) is 9.69 Å². The fraction of sp³-hybridized carbons (Fsp3) is 0.875. The summed E-state index contributed by atoms with van der Waals surface area (Å²) in [6.07, 6.45) is 1.90. The van der Waals surface area contributed by atoms with E-state index in [1.807, 2.05) is 32.7 Å². The van der Waals surface area contributed by atoms with Crippen LogP contribution in [0.3, 0.4) is 0 Å². The topological polar surface area (TPSA) is 79.1 Å². The molecule has 2 aliphatic rings. The molecule has 0 aromatic heterocycles. The van der Waals surface area contributed by atoms with Crippen molar-refractivity contribution in [2.45, 2.75) is 51.3 Å². The molecule has 132 valence electrons. The van der Waals surface area contributed by atoms with Crippen LogP contribution in [0.15, 0.2) is 0 Å². The van der Waals surface area contributed by atoms with Gasteiger partial charge in [0.25, 0.3) is 0 Å². The largest absolute Gasteiger partial charge is 0.444 e. The second-order valence-corrected chi connectivity index (χ2v) is 7.52. The molecule has 1 saturated carbocycles. The fourth-order valence-corrected chi connectivity index (χ4v) is 2.77. The van der Waals surface area contributed by atoms with E-state index in [0.29, 0.717) is 38.8 Å². The van der Waals surface area contributed by atoms with Crippen LogP contribution in [0.25, 0.3) is 0 Å². The highest BCUT2D eigenvalue weighted by molar-refractivity contribution is 5.78. The first-order valence-electron chi connectivity index (χ1n) is 8.39. The van der Waals surface area contributed by atoms with Gasteiger partial charge in [-0.25, -0.2) is 4.79 Å². The summed E-state index contributed by atoms with van der Waals surface area (Å²) in [4.78, 5) is 30.1. The van der Waals surface area contributed by atoms with Gasteiger partial charge in [-0.1, -0.05) is 0 Å². The predicted octanol–water partition coefficient (Wildman–Crippen LogP) is 0.487. The van der Waals surface area contributed by atoms with Crippen LogP contribution < -0.4 is 5.73 Å². The monoisotopic (exact) mass is 326 g/mol. The molecule has 0 radical (unpaired) electrons. The maximum atomic E-state index is 12.3. The van der Waals surface area contributed by atoms with Crippen molar-refractivity contribution < 1.29 is 14.3 Å². The Bertz CT molecular complexity index is 445. The average Bonchev–Trinajstić information content (AvgIpc) is 3.29. The number of hydrogen-bond acceptors (Lipinski definition) is 5. The smallest absolute Gasteiger partial charge is 0.410 e. The maximum Gasteiger partial charge on any atom is 0.410 e. The second-order valence-electron chi connectivity index (χ2n) is 7.52. The molecular formula is C16H30N4O3. The quantitative estimate of drug-likeness (QED) is 0.813. The van der Waals surface area contributed by atoms with Gasteiger partial charge in [-0.05, 0) is 33.6 Å². The van der Waals surface area contributed by atoms with Crippen molar-refractivity contribution in [2.24, 2.45) is 5.73 Å². The normalized spacial score (nSPS) is 22.8. The van der Waals surface area contributed by atoms with E-state index >= 15 is 0 Å². The van der Waals surface area contributed by atoms with Crippen molar-refractivity contribution in [1.82, 2.24) is 14.7 Å². The van der Waals surface area contributed by atoms with Gasteiger partial charge in [0.2, 0.25) is 5.91 Å². The number of piperazine rings is 1. The number of hydrogen-bond donors (Lipinski definition) is 1. The number of ether oxygens (including phenoxy) is 1. The molecule has 2 rings (SSSR count). The lowest BCUT2D eigenvalue weighted by Gasteiger charge is -2.41. The molecule has 0 aromatic carbocycles. The molecule has 0 bridgehead atoms. The summed E-state index contributed by atoms with van der Waals surface area (Å²) in [5.74, 6) is 0.136. The second kappa shape index (κ2) is 7.05. The lowest BCUT2D eigenvalue weighted by Crippen LogP contribution is -2.59. The third-order valence-corrected chi connectivity index (χ3v) is 4.35. The highest BCUT2D eigenvalue weighted by Gasteiger charge is 2.34. The van der Waals surface area contributed by atoms with Crippen LogP contribution in [0.4, 0.5) is 4.79 Å². The number of amides is 2. The third kappa shape index (κ3) is 5.07. The van der Waals surface area contributed by atoms with E-state index in [0.717, 1.165) is 12.8 Å². The van der Waals surface area contributed by atoms with Crippen LogP contribution in [-0.4, -0.2) is 84.2 Å². The Kier molecular flexibility index (Phi) is 5.52. The van der Waals surface area contributed by atoms with E-state index in [1.54, 1.807) is 4.90 Å². The van der Waals surface area contributed by atoms with Crippen LogP contribution >= 0.6 is 0 Å². The summed E-state index contributed by atoms with van der Waals surface area (Å²) in [6.45, 7) is 8.07. The molecule has 23 heavy (non-hydrogen) atoms. The molecule has 1 aliphatic heterocycles. The Labute approximate surface area is 138 Å². The third-order valence-electron chi connectivity index (χ3n) is 4.35. The Morgan fingerprint density at radius 3 is 2.43 bits per heavy atom. The lowest BCUT2D eigenvalue weighted by atomic mass is 10.1.